The smallest absolute Gasteiger partial charge is 0.234 e. The fraction of sp³-hybridized carbons (Fsp3) is 0.857. The van der Waals surface area contributed by atoms with E-state index in [4.69, 9.17) is 10.5 Å². The van der Waals surface area contributed by atoms with Gasteiger partial charge in [-0.15, -0.1) is 0 Å². The van der Waals surface area contributed by atoms with Crippen molar-refractivity contribution in [2.45, 2.75) is 59.1 Å². The van der Waals surface area contributed by atoms with E-state index >= 15 is 0 Å². The summed E-state index contributed by atoms with van der Waals surface area (Å²) in [5.41, 5.74) is 4.53. The van der Waals surface area contributed by atoms with E-state index < -0.39 is 11.6 Å². The van der Waals surface area contributed by atoms with Crippen molar-refractivity contribution in [2.75, 3.05) is 13.2 Å². The van der Waals surface area contributed by atoms with Gasteiger partial charge in [-0.25, -0.2) is 0 Å². The summed E-state index contributed by atoms with van der Waals surface area (Å²) < 4.78 is 5.10. The number of carbonyl (C=O) groups excluding carboxylic acids is 2. The minimum absolute atomic E-state index is 0.0528. The summed E-state index contributed by atoms with van der Waals surface area (Å²) in [6.07, 6.45) is 1.86. The molecule has 1 unspecified atom stereocenters. The maximum absolute atomic E-state index is 12.0. The maximum atomic E-state index is 12.0. The van der Waals surface area contributed by atoms with E-state index in [1.54, 1.807) is 6.92 Å². The number of ether oxygens (including phenoxy) is 1. The first-order valence-corrected chi connectivity index (χ1v) is 6.98. The predicted molar refractivity (Wildman–Crippen MR) is 75.8 cm³/mol. The number of Topliss-reactive ketones (excluding diaryl/α,β-unsaturated/α-hetero) is 1. The van der Waals surface area contributed by atoms with Crippen molar-refractivity contribution in [3.63, 3.8) is 0 Å². The van der Waals surface area contributed by atoms with Crippen LogP contribution >= 0.6 is 0 Å². The summed E-state index contributed by atoms with van der Waals surface area (Å²) in [5, 5.41) is 2.65. The Labute approximate surface area is 116 Å². The van der Waals surface area contributed by atoms with Crippen LogP contribution in [0.4, 0.5) is 0 Å². The molecule has 0 radical (unpaired) electrons. The summed E-state index contributed by atoms with van der Waals surface area (Å²) in [5.74, 6) is -0.0272. The normalized spacial score (nSPS) is 22.3. The van der Waals surface area contributed by atoms with Crippen molar-refractivity contribution in [3.8, 4) is 0 Å². The predicted octanol–water partition coefficient (Wildman–Crippen LogP) is 1.25. The van der Waals surface area contributed by atoms with Gasteiger partial charge in [0.15, 0.2) is 5.78 Å². The third-order valence-electron chi connectivity index (χ3n) is 2.64. The van der Waals surface area contributed by atoms with Crippen molar-refractivity contribution < 1.29 is 14.3 Å². The molecule has 1 amide bonds. The number of rotatable bonds is 6. The molecular formula is C14H28N2O3. The van der Waals surface area contributed by atoms with Gasteiger partial charge in [-0.05, 0) is 19.3 Å². The van der Waals surface area contributed by atoms with Crippen LogP contribution in [0.15, 0.2) is 0 Å². The lowest BCUT2D eigenvalue weighted by Crippen LogP contribution is -2.48. The molecule has 19 heavy (non-hydrogen) atoms. The highest BCUT2D eigenvalue weighted by Crippen LogP contribution is 2.29. The van der Waals surface area contributed by atoms with E-state index in [1.807, 2.05) is 13.8 Å². The van der Waals surface area contributed by atoms with Crippen molar-refractivity contribution >= 4 is 11.7 Å². The highest BCUT2D eigenvalue weighted by atomic mass is 16.6. The lowest BCUT2D eigenvalue weighted by atomic mass is 9.93. The summed E-state index contributed by atoms with van der Waals surface area (Å²) >= 11 is 0. The number of amides is 1. The fourth-order valence-electron chi connectivity index (χ4n) is 1.58. The Hall–Kier alpha value is -0.940. The molecule has 0 bridgehead atoms. The Bertz CT molecular complexity index is 299. The van der Waals surface area contributed by atoms with Gasteiger partial charge in [-0.1, -0.05) is 34.1 Å². The third kappa shape index (κ3) is 6.68. The van der Waals surface area contributed by atoms with Gasteiger partial charge in [0.25, 0.3) is 0 Å². The summed E-state index contributed by atoms with van der Waals surface area (Å²) in [6.45, 7) is 10.4. The second kappa shape index (κ2) is 8.27. The van der Waals surface area contributed by atoms with Gasteiger partial charge < -0.3 is 15.8 Å². The highest BCUT2D eigenvalue weighted by Gasteiger charge is 2.49. The molecule has 0 aromatic heterocycles. The van der Waals surface area contributed by atoms with Gasteiger partial charge in [0, 0.05) is 0 Å². The van der Waals surface area contributed by atoms with Crippen molar-refractivity contribution in [1.29, 1.82) is 0 Å². The molecule has 1 aliphatic heterocycles. The molecule has 112 valence electrons. The van der Waals surface area contributed by atoms with E-state index in [2.05, 4.69) is 19.2 Å². The third-order valence-corrected chi connectivity index (χ3v) is 2.64. The Morgan fingerprint density at radius 2 is 1.84 bits per heavy atom. The van der Waals surface area contributed by atoms with E-state index in [0.717, 1.165) is 0 Å². The summed E-state index contributed by atoms with van der Waals surface area (Å²) in [7, 11) is 0. The first-order chi connectivity index (χ1) is 8.80. The van der Waals surface area contributed by atoms with Crippen LogP contribution in [-0.2, 0) is 14.3 Å². The summed E-state index contributed by atoms with van der Waals surface area (Å²) in [6, 6.07) is -0.483. The number of epoxide rings is 1. The van der Waals surface area contributed by atoms with Gasteiger partial charge >= 0.3 is 0 Å². The average molecular weight is 272 g/mol. The maximum Gasteiger partial charge on any atom is 0.234 e. The first kappa shape index (κ1) is 18.1. The lowest BCUT2D eigenvalue weighted by Gasteiger charge is -2.20. The molecule has 1 heterocycles. The van der Waals surface area contributed by atoms with Crippen LogP contribution in [0.3, 0.4) is 0 Å². The van der Waals surface area contributed by atoms with Crippen molar-refractivity contribution in [3.05, 3.63) is 0 Å². The Morgan fingerprint density at radius 3 is 2.16 bits per heavy atom. The number of ketones is 1. The van der Waals surface area contributed by atoms with E-state index in [1.165, 1.54) is 6.42 Å². The van der Waals surface area contributed by atoms with Crippen LogP contribution in [0.25, 0.3) is 0 Å². The van der Waals surface area contributed by atoms with Crippen LogP contribution < -0.4 is 11.1 Å². The topological polar surface area (TPSA) is 84.7 Å². The Morgan fingerprint density at radius 1 is 1.37 bits per heavy atom. The standard InChI is InChI=1S/C11H20N2O3.C3H8/c1-7(2)4-8(13-9(14)5-12)10(15)11(3)6-16-11;1-3-2/h7-8H,4-6,12H2,1-3H3,(H,13,14);3H2,1-2H3/t8-,11?;/m0./s1. The molecular weight excluding hydrogens is 244 g/mol. The minimum Gasteiger partial charge on any atom is -0.361 e. The average Bonchev–Trinajstić information content (AvgIpc) is 3.07. The van der Waals surface area contributed by atoms with Crippen molar-refractivity contribution in [1.82, 2.24) is 5.32 Å². The summed E-state index contributed by atoms with van der Waals surface area (Å²) in [4.78, 5) is 23.3. The largest absolute Gasteiger partial charge is 0.361 e. The molecule has 0 spiro atoms. The molecule has 2 atom stereocenters. The van der Waals surface area contributed by atoms with Crippen molar-refractivity contribution in [2.24, 2.45) is 11.7 Å². The molecule has 5 heteroatoms. The van der Waals surface area contributed by atoms with E-state index in [0.29, 0.717) is 18.9 Å². The molecule has 1 saturated heterocycles. The number of hydrogen-bond donors (Lipinski definition) is 2. The number of hydrogen-bond acceptors (Lipinski definition) is 4. The number of nitrogens with two attached hydrogens (primary N) is 1. The van der Waals surface area contributed by atoms with Gasteiger partial charge in [0.05, 0.1) is 19.2 Å². The molecule has 0 saturated carbocycles. The van der Waals surface area contributed by atoms with Crippen LogP contribution in [0.1, 0.15) is 47.5 Å². The van der Waals surface area contributed by atoms with Gasteiger partial charge in [-0.3, -0.25) is 9.59 Å². The zero-order valence-corrected chi connectivity index (χ0v) is 12.8. The second-order valence-corrected chi connectivity index (χ2v) is 5.54. The zero-order chi connectivity index (χ0) is 15.1. The van der Waals surface area contributed by atoms with Gasteiger partial charge in [-0.2, -0.15) is 0 Å². The molecule has 1 aliphatic rings. The molecule has 1 rings (SSSR count). The molecule has 3 N–H and O–H groups in total. The monoisotopic (exact) mass is 272 g/mol. The van der Waals surface area contributed by atoms with Crippen LogP contribution in [0.2, 0.25) is 0 Å². The second-order valence-electron chi connectivity index (χ2n) is 5.54. The first-order valence-electron chi connectivity index (χ1n) is 6.98. The van der Waals surface area contributed by atoms with Crippen LogP contribution in [-0.4, -0.2) is 36.5 Å². The molecule has 1 fully saturated rings. The number of nitrogens with one attached hydrogen (secondary N) is 1. The highest BCUT2D eigenvalue weighted by molar-refractivity contribution is 5.96. The molecule has 0 aromatic carbocycles. The molecule has 0 aromatic rings. The zero-order valence-electron chi connectivity index (χ0n) is 12.8. The quantitative estimate of drug-likeness (QED) is 0.713. The minimum atomic E-state index is -0.693. The SMILES string of the molecule is CC(C)C[C@H](NC(=O)CN)C(=O)C1(C)CO1.CCC. The van der Waals surface area contributed by atoms with Crippen LogP contribution in [0, 0.1) is 5.92 Å². The molecule has 0 aliphatic carbocycles. The van der Waals surface area contributed by atoms with Gasteiger partial charge in [0.2, 0.25) is 5.91 Å². The number of carbonyl (C=O) groups is 2. The lowest BCUT2D eigenvalue weighted by molar-refractivity contribution is -0.130. The Balaban J connectivity index is 0.000000982. The van der Waals surface area contributed by atoms with Gasteiger partial charge in [0.1, 0.15) is 5.60 Å². The molecule has 5 nitrogen and oxygen atoms in total. The van der Waals surface area contributed by atoms with E-state index in [-0.39, 0.29) is 18.2 Å². The van der Waals surface area contributed by atoms with E-state index in [9.17, 15) is 9.59 Å². The fourth-order valence-corrected chi connectivity index (χ4v) is 1.58. The van der Waals surface area contributed by atoms with Crippen LogP contribution in [0.5, 0.6) is 0 Å². The Kier molecular flexibility index (Phi) is 7.87.